The molecule has 2 atom stereocenters. The van der Waals surface area contributed by atoms with Gasteiger partial charge in [0, 0.05) is 25.7 Å². The lowest BCUT2D eigenvalue weighted by molar-refractivity contribution is 0.0848. The number of methoxy groups -OCH3 is 1. The lowest BCUT2D eigenvalue weighted by Gasteiger charge is -2.40. The lowest BCUT2D eigenvalue weighted by atomic mass is 9.89. The van der Waals surface area contributed by atoms with E-state index in [1.165, 1.54) is 17.5 Å². The SMILES string of the molecule is COCCN1CCCC(N)C1c1ccc(C(C)C)cc1. The summed E-state index contributed by atoms with van der Waals surface area (Å²) in [6.45, 7) is 7.31. The van der Waals surface area contributed by atoms with E-state index >= 15 is 0 Å². The molecule has 3 nitrogen and oxygen atoms in total. The van der Waals surface area contributed by atoms with Gasteiger partial charge in [0.2, 0.25) is 0 Å². The van der Waals surface area contributed by atoms with Crippen LogP contribution in [0.5, 0.6) is 0 Å². The molecule has 2 rings (SSSR count). The molecule has 1 fully saturated rings. The van der Waals surface area contributed by atoms with Crippen LogP contribution in [0.15, 0.2) is 24.3 Å². The number of benzene rings is 1. The van der Waals surface area contributed by atoms with Gasteiger partial charge in [-0.3, -0.25) is 4.90 Å². The molecule has 1 heterocycles. The van der Waals surface area contributed by atoms with Crippen LogP contribution < -0.4 is 5.73 Å². The zero-order valence-electron chi connectivity index (χ0n) is 13.0. The molecule has 2 unspecified atom stereocenters. The highest BCUT2D eigenvalue weighted by atomic mass is 16.5. The number of likely N-dealkylation sites (tertiary alicyclic amines) is 1. The Balaban J connectivity index is 2.16. The van der Waals surface area contributed by atoms with Gasteiger partial charge in [-0.15, -0.1) is 0 Å². The summed E-state index contributed by atoms with van der Waals surface area (Å²) in [7, 11) is 1.76. The zero-order valence-corrected chi connectivity index (χ0v) is 13.0. The van der Waals surface area contributed by atoms with Crippen molar-refractivity contribution >= 4 is 0 Å². The molecule has 0 radical (unpaired) electrons. The summed E-state index contributed by atoms with van der Waals surface area (Å²) >= 11 is 0. The van der Waals surface area contributed by atoms with Crippen LogP contribution in [0.3, 0.4) is 0 Å². The van der Waals surface area contributed by atoms with E-state index in [-0.39, 0.29) is 6.04 Å². The minimum absolute atomic E-state index is 0.227. The average molecular weight is 276 g/mol. The molecule has 0 saturated carbocycles. The average Bonchev–Trinajstić information content (AvgIpc) is 2.45. The molecule has 0 aliphatic carbocycles. The molecule has 3 heteroatoms. The molecular weight excluding hydrogens is 248 g/mol. The Bertz CT molecular complexity index is 402. The van der Waals surface area contributed by atoms with Crippen molar-refractivity contribution in [1.29, 1.82) is 0 Å². The van der Waals surface area contributed by atoms with E-state index in [4.69, 9.17) is 10.5 Å². The molecule has 0 amide bonds. The van der Waals surface area contributed by atoms with E-state index in [1.807, 2.05) is 0 Å². The van der Waals surface area contributed by atoms with Crippen LogP contribution in [0.1, 0.15) is 49.8 Å². The second kappa shape index (κ2) is 7.21. The maximum absolute atomic E-state index is 6.39. The van der Waals surface area contributed by atoms with Gasteiger partial charge in [0.05, 0.1) is 6.61 Å². The second-order valence-corrected chi connectivity index (χ2v) is 6.10. The topological polar surface area (TPSA) is 38.5 Å². The normalized spacial score (nSPS) is 24.2. The summed E-state index contributed by atoms with van der Waals surface area (Å²) in [5.74, 6) is 0.577. The second-order valence-electron chi connectivity index (χ2n) is 6.10. The number of hydrogen-bond donors (Lipinski definition) is 1. The quantitative estimate of drug-likeness (QED) is 0.898. The van der Waals surface area contributed by atoms with Gasteiger partial charge < -0.3 is 10.5 Å². The van der Waals surface area contributed by atoms with Crippen LogP contribution in [0, 0.1) is 0 Å². The molecule has 0 spiro atoms. The Labute approximate surface area is 123 Å². The van der Waals surface area contributed by atoms with Crippen molar-refractivity contribution in [3.05, 3.63) is 35.4 Å². The molecule has 2 N–H and O–H groups in total. The monoisotopic (exact) mass is 276 g/mol. The predicted molar refractivity (Wildman–Crippen MR) is 83.9 cm³/mol. The Morgan fingerprint density at radius 2 is 2.00 bits per heavy atom. The van der Waals surface area contributed by atoms with Crippen molar-refractivity contribution in [1.82, 2.24) is 4.90 Å². The molecule has 1 aromatic carbocycles. The van der Waals surface area contributed by atoms with Gasteiger partial charge in [-0.1, -0.05) is 38.1 Å². The van der Waals surface area contributed by atoms with E-state index in [2.05, 4.69) is 43.0 Å². The molecule has 1 aliphatic rings. The van der Waals surface area contributed by atoms with Gasteiger partial charge in [0.25, 0.3) is 0 Å². The third-order valence-electron chi connectivity index (χ3n) is 4.31. The molecule has 1 saturated heterocycles. The van der Waals surface area contributed by atoms with E-state index < -0.39 is 0 Å². The first-order valence-corrected chi connectivity index (χ1v) is 7.72. The highest BCUT2D eigenvalue weighted by Gasteiger charge is 2.29. The largest absolute Gasteiger partial charge is 0.383 e. The fraction of sp³-hybridized carbons (Fsp3) is 0.647. The van der Waals surface area contributed by atoms with E-state index in [0.717, 1.165) is 26.1 Å². The van der Waals surface area contributed by atoms with Crippen LogP contribution in [0.25, 0.3) is 0 Å². The number of ether oxygens (including phenoxy) is 1. The van der Waals surface area contributed by atoms with Crippen LogP contribution in [-0.4, -0.2) is 37.7 Å². The van der Waals surface area contributed by atoms with Crippen molar-refractivity contribution in [2.75, 3.05) is 26.8 Å². The zero-order chi connectivity index (χ0) is 14.5. The number of nitrogens with two attached hydrogens (primary N) is 1. The Morgan fingerprint density at radius 3 is 2.60 bits per heavy atom. The number of nitrogens with zero attached hydrogens (tertiary/aromatic N) is 1. The number of piperidine rings is 1. The highest BCUT2D eigenvalue weighted by Crippen LogP contribution is 2.30. The van der Waals surface area contributed by atoms with Crippen molar-refractivity contribution in [2.24, 2.45) is 5.73 Å². The number of hydrogen-bond acceptors (Lipinski definition) is 3. The summed E-state index contributed by atoms with van der Waals surface area (Å²) in [4.78, 5) is 2.47. The summed E-state index contributed by atoms with van der Waals surface area (Å²) < 4.78 is 5.23. The van der Waals surface area contributed by atoms with Crippen molar-refractivity contribution < 1.29 is 4.74 Å². The molecule has 1 aromatic rings. The van der Waals surface area contributed by atoms with Gasteiger partial charge in [-0.05, 0) is 36.4 Å². The smallest absolute Gasteiger partial charge is 0.0589 e. The molecule has 20 heavy (non-hydrogen) atoms. The van der Waals surface area contributed by atoms with Crippen LogP contribution >= 0.6 is 0 Å². The highest BCUT2D eigenvalue weighted by molar-refractivity contribution is 5.28. The lowest BCUT2D eigenvalue weighted by Crippen LogP contribution is -2.46. The molecule has 0 bridgehead atoms. The third-order valence-corrected chi connectivity index (χ3v) is 4.31. The predicted octanol–water partition coefficient (Wildman–Crippen LogP) is 2.92. The maximum atomic E-state index is 6.39. The van der Waals surface area contributed by atoms with Crippen molar-refractivity contribution in [3.8, 4) is 0 Å². The molecule has 0 aromatic heterocycles. The van der Waals surface area contributed by atoms with Gasteiger partial charge in [-0.25, -0.2) is 0 Å². The first-order valence-electron chi connectivity index (χ1n) is 7.72. The van der Waals surface area contributed by atoms with Gasteiger partial charge >= 0.3 is 0 Å². The Morgan fingerprint density at radius 1 is 1.30 bits per heavy atom. The van der Waals surface area contributed by atoms with Gasteiger partial charge in [0.15, 0.2) is 0 Å². The maximum Gasteiger partial charge on any atom is 0.0589 e. The number of rotatable bonds is 5. The first-order chi connectivity index (χ1) is 9.63. The molecule has 112 valence electrons. The third kappa shape index (κ3) is 3.60. The minimum atomic E-state index is 0.227. The van der Waals surface area contributed by atoms with Crippen molar-refractivity contribution in [3.63, 3.8) is 0 Å². The fourth-order valence-electron chi connectivity index (χ4n) is 3.09. The van der Waals surface area contributed by atoms with Crippen molar-refractivity contribution in [2.45, 2.75) is 44.7 Å². The summed E-state index contributed by atoms with van der Waals surface area (Å²) in [6.07, 6.45) is 2.30. The molecule has 1 aliphatic heterocycles. The van der Waals surface area contributed by atoms with E-state index in [1.54, 1.807) is 7.11 Å². The van der Waals surface area contributed by atoms with Gasteiger partial charge in [0.1, 0.15) is 0 Å². The molecular formula is C17H28N2O. The summed E-state index contributed by atoms with van der Waals surface area (Å²) in [5.41, 5.74) is 9.12. The first kappa shape index (κ1) is 15.5. The standard InChI is InChI=1S/C17H28N2O/c1-13(2)14-6-8-15(9-7-14)17-16(18)5-4-10-19(17)11-12-20-3/h6-9,13,16-17H,4-5,10-12,18H2,1-3H3. The summed E-state index contributed by atoms with van der Waals surface area (Å²) in [5, 5.41) is 0. The fourth-order valence-corrected chi connectivity index (χ4v) is 3.09. The van der Waals surface area contributed by atoms with Gasteiger partial charge in [-0.2, -0.15) is 0 Å². The van der Waals surface area contributed by atoms with E-state index in [9.17, 15) is 0 Å². The summed E-state index contributed by atoms with van der Waals surface area (Å²) in [6, 6.07) is 9.56. The van der Waals surface area contributed by atoms with Crippen LogP contribution in [0.2, 0.25) is 0 Å². The minimum Gasteiger partial charge on any atom is -0.383 e. The van der Waals surface area contributed by atoms with Crippen LogP contribution in [-0.2, 0) is 4.74 Å². The van der Waals surface area contributed by atoms with E-state index in [0.29, 0.717) is 12.0 Å². The Kier molecular flexibility index (Phi) is 5.58. The van der Waals surface area contributed by atoms with Crippen LogP contribution in [0.4, 0.5) is 0 Å². The Hall–Kier alpha value is -0.900.